The average Bonchev–Trinajstić information content (AvgIpc) is 2.91. The number of hydrogen-bond donors (Lipinski definition) is 3. The SMILES string of the molecule is COc1cc(/C=C/C2=Cc3c(sc(N)c3C(N)=O)C(C)(C)C2)ccc1O. The zero-order valence-corrected chi connectivity index (χ0v) is 15.8. The summed E-state index contributed by atoms with van der Waals surface area (Å²) in [6, 6.07) is 5.18. The summed E-state index contributed by atoms with van der Waals surface area (Å²) in [5, 5.41) is 10.2. The highest BCUT2D eigenvalue weighted by Crippen LogP contribution is 2.46. The summed E-state index contributed by atoms with van der Waals surface area (Å²) in [4.78, 5) is 12.9. The lowest BCUT2D eigenvalue weighted by atomic mass is 9.77. The standard InChI is InChI=1S/C20H22N2O3S/c1-20(2)10-12(5-4-11-6-7-14(23)15(9-11)25-3)8-13-16(18(21)24)19(22)26-17(13)20/h4-9,23H,10,22H2,1-3H3,(H2,21,24)/b5-4+. The second kappa shape index (κ2) is 6.53. The van der Waals surface area contributed by atoms with Gasteiger partial charge in [0.15, 0.2) is 11.5 Å². The molecule has 1 amide bonds. The molecular weight excluding hydrogens is 348 g/mol. The number of benzene rings is 1. The summed E-state index contributed by atoms with van der Waals surface area (Å²) >= 11 is 1.44. The molecule has 1 aliphatic rings. The summed E-state index contributed by atoms with van der Waals surface area (Å²) in [5.74, 6) is 0.0294. The molecule has 3 rings (SSSR count). The Morgan fingerprint density at radius 1 is 1.35 bits per heavy atom. The topological polar surface area (TPSA) is 98.6 Å². The number of phenolic OH excluding ortho intramolecular Hbond substituents is 1. The van der Waals surface area contributed by atoms with Crippen molar-refractivity contribution in [3.63, 3.8) is 0 Å². The molecule has 0 unspecified atom stereocenters. The quantitative estimate of drug-likeness (QED) is 0.759. The van der Waals surface area contributed by atoms with Gasteiger partial charge in [-0.2, -0.15) is 0 Å². The van der Waals surface area contributed by atoms with Crippen molar-refractivity contribution < 1.29 is 14.6 Å². The Morgan fingerprint density at radius 2 is 2.08 bits per heavy atom. The van der Waals surface area contributed by atoms with Crippen molar-refractivity contribution in [3.8, 4) is 11.5 Å². The van der Waals surface area contributed by atoms with Gasteiger partial charge in [0.25, 0.3) is 5.91 Å². The number of nitrogen functional groups attached to an aromatic ring is 1. The Hall–Kier alpha value is -2.73. The van der Waals surface area contributed by atoms with E-state index in [-0.39, 0.29) is 11.2 Å². The predicted molar refractivity (Wildman–Crippen MR) is 107 cm³/mol. The molecule has 0 saturated heterocycles. The van der Waals surface area contributed by atoms with Crippen molar-refractivity contribution in [2.24, 2.45) is 5.73 Å². The number of carbonyl (C=O) groups is 1. The summed E-state index contributed by atoms with van der Waals surface area (Å²) in [6.45, 7) is 4.27. The number of ether oxygens (including phenoxy) is 1. The lowest BCUT2D eigenvalue weighted by molar-refractivity contribution is 0.100. The maximum absolute atomic E-state index is 11.8. The van der Waals surface area contributed by atoms with Gasteiger partial charge in [-0.3, -0.25) is 4.79 Å². The van der Waals surface area contributed by atoms with Crippen LogP contribution in [0.25, 0.3) is 12.2 Å². The van der Waals surface area contributed by atoms with Gasteiger partial charge in [-0.05, 0) is 35.8 Å². The average molecular weight is 370 g/mol. The molecule has 0 fully saturated rings. The molecule has 0 bridgehead atoms. The molecule has 0 aliphatic heterocycles. The molecule has 0 spiro atoms. The van der Waals surface area contributed by atoms with Gasteiger partial charge in [-0.15, -0.1) is 11.3 Å². The summed E-state index contributed by atoms with van der Waals surface area (Å²) in [6.07, 6.45) is 6.77. The Labute approximate surface area is 156 Å². The summed E-state index contributed by atoms with van der Waals surface area (Å²) in [5.41, 5.74) is 14.7. The number of methoxy groups -OCH3 is 1. The molecule has 26 heavy (non-hydrogen) atoms. The molecule has 0 atom stereocenters. The third-order valence-corrected chi connectivity index (χ3v) is 5.90. The van der Waals surface area contributed by atoms with Crippen LogP contribution in [0.2, 0.25) is 0 Å². The van der Waals surface area contributed by atoms with Gasteiger partial charge in [-0.25, -0.2) is 0 Å². The second-order valence-electron chi connectivity index (χ2n) is 6.99. The fourth-order valence-corrected chi connectivity index (χ4v) is 4.44. The molecular formula is C20H22N2O3S. The fourth-order valence-electron chi connectivity index (χ4n) is 3.29. The lowest BCUT2D eigenvalue weighted by Gasteiger charge is -2.29. The lowest BCUT2D eigenvalue weighted by Crippen LogP contribution is -2.22. The molecule has 136 valence electrons. The van der Waals surface area contributed by atoms with Crippen LogP contribution in [0.3, 0.4) is 0 Å². The molecule has 1 aromatic carbocycles. The van der Waals surface area contributed by atoms with E-state index in [0.29, 0.717) is 16.3 Å². The van der Waals surface area contributed by atoms with E-state index in [9.17, 15) is 9.90 Å². The molecule has 0 radical (unpaired) electrons. The highest BCUT2D eigenvalue weighted by molar-refractivity contribution is 7.16. The van der Waals surface area contributed by atoms with E-state index in [4.69, 9.17) is 16.2 Å². The zero-order valence-electron chi connectivity index (χ0n) is 15.0. The van der Waals surface area contributed by atoms with E-state index in [2.05, 4.69) is 13.8 Å². The molecule has 5 N–H and O–H groups in total. The highest BCUT2D eigenvalue weighted by atomic mass is 32.1. The number of primary amides is 1. The van der Waals surface area contributed by atoms with Gasteiger partial charge in [0.05, 0.1) is 17.7 Å². The number of fused-ring (bicyclic) bond motifs is 1. The first kappa shape index (κ1) is 18.1. The molecule has 1 aromatic heterocycles. The van der Waals surface area contributed by atoms with E-state index < -0.39 is 5.91 Å². The Morgan fingerprint density at radius 3 is 2.73 bits per heavy atom. The van der Waals surface area contributed by atoms with Crippen molar-refractivity contribution in [2.45, 2.75) is 25.7 Å². The summed E-state index contributed by atoms with van der Waals surface area (Å²) in [7, 11) is 1.52. The van der Waals surface area contributed by atoms with Crippen LogP contribution in [0.15, 0.2) is 29.8 Å². The van der Waals surface area contributed by atoms with Gasteiger partial charge < -0.3 is 21.3 Å². The number of amides is 1. The van der Waals surface area contributed by atoms with Crippen LogP contribution in [0.1, 0.15) is 46.6 Å². The zero-order chi connectivity index (χ0) is 19.1. The largest absolute Gasteiger partial charge is 0.504 e. The van der Waals surface area contributed by atoms with E-state index in [1.165, 1.54) is 18.4 Å². The molecule has 2 aromatic rings. The number of rotatable bonds is 4. The first-order valence-corrected chi connectivity index (χ1v) is 9.03. The van der Waals surface area contributed by atoms with Gasteiger partial charge in [0.1, 0.15) is 0 Å². The molecule has 6 heteroatoms. The van der Waals surface area contributed by atoms with Crippen molar-refractivity contribution in [1.82, 2.24) is 0 Å². The van der Waals surface area contributed by atoms with Crippen LogP contribution in [0.5, 0.6) is 11.5 Å². The number of anilines is 1. The first-order chi connectivity index (χ1) is 12.2. The van der Waals surface area contributed by atoms with Crippen LogP contribution in [0.4, 0.5) is 5.00 Å². The van der Waals surface area contributed by atoms with Crippen molar-refractivity contribution in [2.75, 3.05) is 12.8 Å². The number of phenols is 1. The van der Waals surface area contributed by atoms with Crippen molar-refractivity contribution >= 4 is 34.4 Å². The smallest absolute Gasteiger partial charge is 0.252 e. The number of nitrogens with two attached hydrogens (primary N) is 2. The number of thiophene rings is 1. The van der Waals surface area contributed by atoms with Gasteiger partial charge in [-0.1, -0.05) is 32.1 Å². The van der Waals surface area contributed by atoms with E-state index in [1.807, 2.05) is 24.3 Å². The van der Waals surface area contributed by atoms with Gasteiger partial charge in [0, 0.05) is 15.9 Å². The Kier molecular flexibility index (Phi) is 4.54. The van der Waals surface area contributed by atoms with Crippen LogP contribution >= 0.6 is 11.3 Å². The summed E-state index contributed by atoms with van der Waals surface area (Å²) < 4.78 is 5.14. The monoisotopic (exact) mass is 370 g/mol. The number of allylic oxidation sites excluding steroid dienone is 2. The van der Waals surface area contributed by atoms with Crippen molar-refractivity contribution in [1.29, 1.82) is 0 Å². The number of aromatic hydroxyl groups is 1. The maximum atomic E-state index is 11.8. The molecule has 1 aliphatic carbocycles. The predicted octanol–water partition coefficient (Wildman–Crippen LogP) is 3.92. The molecule has 5 nitrogen and oxygen atoms in total. The minimum absolute atomic E-state index is 0.104. The van der Waals surface area contributed by atoms with E-state index in [1.54, 1.807) is 12.1 Å². The van der Waals surface area contributed by atoms with E-state index >= 15 is 0 Å². The normalized spacial score (nSPS) is 15.6. The highest BCUT2D eigenvalue weighted by Gasteiger charge is 2.33. The molecule has 1 heterocycles. The van der Waals surface area contributed by atoms with Crippen LogP contribution in [-0.4, -0.2) is 18.1 Å². The number of carbonyl (C=O) groups excluding carboxylic acids is 1. The number of hydrogen-bond acceptors (Lipinski definition) is 5. The Balaban J connectivity index is 2.00. The van der Waals surface area contributed by atoms with Gasteiger partial charge >= 0.3 is 0 Å². The second-order valence-corrected chi connectivity index (χ2v) is 8.05. The minimum atomic E-state index is -0.499. The van der Waals surface area contributed by atoms with Gasteiger partial charge in [0.2, 0.25) is 0 Å². The van der Waals surface area contributed by atoms with Crippen LogP contribution in [0, 0.1) is 0 Å². The Bertz CT molecular complexity index is 939. The third-order valence-electron chi connectivity index (χ3n) is 4.50. The third kappa shape index (κ3) is 3.20. The first-order valence-electron chi connectivity index (χ1n) is 8.21. The minimum Gasteiger partial charge on any atom is -0.504 e. The van der Waals surface area contributed by atoms with E-state index in [0.717, 1.165) is 28.0 Å². The fraction of sp³-hybridized carbons (Fsp3) is 0.250. The molecule has 0 saturated carbocycles. The van der Waals surface area contributed by atoms with Crippen LogP contribution < -0.4 is 16.2 Å². The maximum Gasteiger partial charge on any atom is 0.252 e. The van der Waals surface area contributed by atoms with Crippen molar-refractivity contribution in [3.05, 3.63) is 51.4 Å². The van der Waals surface area contributed by atoms with Crippen LogP contribution in [-0.2, 0) is 5.41 Å².